The van der Waals surface area contributed by atoms with Crippen molar-refractivity contribution < 1.29 is 9.53 Å². The number of carbonyl (C=O) groups excluding carboxylic acids is 1. The summed E-state index contributed by atoms with van der Waals surface area (Å²) in [4.78, 5) is 18.5. The second-order valence-electron chi connectivity index (χ2n) is 5.50. The average Bonchev–Trinajstić information content (AvgIpc) is 3.11. The molecule has 0 saturated heterocycles. The lowest BCUT2D eigenvalue weighted by Crippen LogP contribution is -2.34. The quantitative estimate of drug-likeness (QED) is 0.843. The van der Waals surface area contributed by atoms with Gasteiger partial charge in [-0.25, -0.2) is 9.50 Å². The lowest BCUT2D eigenvalue weighted by Gasteiger charge is -2.16. The summed E-state index contributed by atoms with van der Waals surface area (Å²) in [6.45, 7) is 1.96. The lowest BCUT2D eigenvalue weighted by atomic mass is 10.1. The zero-order chi connectivity index (χ0) is 14.5. The molecule has 106 valence electrons. The van der Waals surface area contributed by atoms with Crippen LogP contribution in [0.4, 0.5) is 0 Å². The Kier molecular flexibility index (Phi) is 2.70. The molecular weight excluding hydrogens is 256 g/mol. The van der Waals surface area contributed by atoms with Gasteiger partial charge in [0.1, 0.15) is 5.41 Å². The van der Waals surface area contributed by atoms with E-state index in [-0.39, 0.29) is 5.91 Å². The minimum Gasteiger partial charge on any atom is -0.493 e. The summed E-state index contributed by atoms with van der Waals surface area (Å²) in [5.74, 6) is 1.34. The molecule has 2 heterocycles. The molecule has 3 rings (SSSR count). The van der Waals surface area contributed by atoms with Crippen LogP contribution < -0.4 is 4.74 Å². The van der Waals surface area contributed by atoms with E-state index in [0.717, 1.165) is 18.5 Å². The SMILES string of the molecule is COc1ccc(C)n2nc(C3(C(=O)N(C)C)CC3)nc12. The number of carbonyl (C=O) groups is 1. The highest BCUT2D eigenvalue weighted by Gasteiger charge is 2.55. The molecule has 1 saturated carbocycles. The van der Waals surface area contributed by atoms with Gasteiger partial charge in [0.05, 0.1) is 7.11 Å². The number of rotatable bonds is 3. The monoisotopic (exact) mass is 274 g/mol. The Balaban J connectivity index is 2.15. The molecule has 2 aromatic rings. The third kappa shape index (κ3) is 1.67. The summed E-state index contributed by atoms with van der Waals surface area (Å²) in [6, 6.07) is 3.80. The van der Waals surface area contributed by atoms with Crippen LogP contribution in [0.5, 0.6) is 5.75 Å². The lowest BCUT2D eigenvalue weighted by molar-refractivity contribution is -0.131. The van der Waals surface area contributed by atoms with Crippen LogP contribution in [0.15, 0.2) is 12.1 Å². The fraction of sp³-hybridized carbons (Fsp3) is 0.500. The molecule has 0 unspecified atom stereocenters. The van der Waals surface area contributed by atoms with E-state index in [2.05, 4.69) is 10.1 Å². The molecule has 1 fully saturated rings. The normalized spacial score (nSPS) is 16.2. The number of methoxy groups -OCH3 is 1. The Morgan fingerprint density at radius 3 is 2.65 bits per heavy atom. The van der Waals surface area contributed by atoms with Gasteiger partial charge in [-0.15, -0.1) is 5.10 Å². The first kappa shape index (κ1) is 12.9. The van der Waals surface area contributed by atoms with Crippen molar-refractivity contribution in [3.05, 3.63) is 23.7 Å². The summed E-state index contributed by atoms with van der Waals surface area (Å²) in [5, 5.41) is 4.54. The van der Waals surface area contributed by atoms with Crippen LogP contribution in [0.3, 0.4) is 0 Å². The summed E-state index contributed by atoms with van der Waals surface area (Å²) in [7, 11) is 5.14. The number of amides is 1. The summed E-state index contributed by atoms with van der Waals surface area (Å²) in [5.41, 5.74) is 1.10. The van der Waals surface area contributed by atoms with Crippen molar-refractivity contribution >= 4 is 11.6 Å². The largest absolute Gasteiger partial charge is 0.493 e. The van der Waals surface area contributed by atoms with E-state index in [0.29, 0.717) is 17.2 Å². The number of aromatic nitrogens is 3. The molecule has 1 aliphatic rings. The van der Waals surface area contributed by atoms with E-state index in [1.807, 2.05) is 19.1 Å². The Hall–Kier alpha value is -2.11. The molecular formula is C14H18N4O2. The maximum Gasteiger partial charge on any atom is 0.236 e. The molecule has 0 spiro atoms. The summed E-state index contributed by atoms with van der Waals surface area (Å²) in [6.07, 6.45) is 1.62. The smallest absolute Gasteiger partial charge is 0.236 e. The van der Waals surface area contributed by atoms with Crippen LogP contribution in [0.1, 0.15) is 24.4 Å². The molecule has 0 aliphatic heterocycles. The van der Waals surface area contributed by atoms with E-state index in [9.17, 15) is 4.79 Å². The van der Waals surface area contributed by atoms with Crippen molar-refractivity contribution in [3.8, 4) is 5.75 Å². The minimum atomic E-state index is -0.535. The van der Waals surface area contributed by atoms with Crippen LogP contribution >= 0.6 is 0 Å². The van der Waals surface area contributed by atoms with Crippen LogP contribution in [-0.2, 0) is 10.2 Å². The first-order valence-electron chi connectivity index (χ1n) is 6.62. The van der Waals surface area contributed by atoms with Crippen LogP contribution in [0.2, 0.25) is 0 Å². The first-order valence-corrected chi connectivity index (χ1v) is 6.62. The average molecular weight is 274 g/mol. The fourth-order valence-electron chi connectivity index (χ4n) is 2.51. The Bertz CT molecular complexity index is 686. The van der Waals surface area contributed by atoms with E-state index in [1.165, 1.54) is 0 Å². The third-order valence-electron chi connectivity index (χ3n) is 3.85. The molecule has 6 heteroatoms. The molecule has 2 aromatic heterocycles. The molecule has 6 nitrogen and oxygen atoms in total. The van der Waals surface area contributed by atoms with Gasteiger partial charge in [-0.1, -0.05) is 0 Å². The van der Waals surface area contributed by atoms with Gasteiger partial charge in [0.25, 0.3) is 0 Å². The standard InChI is InChI=1S/C14H18N4O2/c1-9-5-6-10(20-4)11-15-12(16-18(9)11)14(7-8-14)13(19)17(2)3/h5-6H,7-8H2,1-4H3. The fourth-order valence-corrected chi connectivity index (χ4v) is 2.51. The molecule has 20 heavy (non-hydrogen) atoms. The number of ether oxygens (including phenoxy) is 1. The predicted octanol–water partition coefficient (Wildman–Crippen LogP) is 1.17. The number of aryl methyl sites for hydroxylation is 1. The van der Waals surface area contributed by atoms with E-state index in [1.54, 1.807) is 30.6 Å². The van der Waals surface area contributed by atoms with Gasteiger partial charge in [-0.2, -0.15) is 0 Å². The molecule has 1 aliphatic carbocycles. The topological polar surface area (TPSA) is 59.7 Å². The third-order valence-corrected chi connectivity index (χ3v) is 3.85. The minimum absolute atomic E-state index is 0.0741. The number of pyridine rings is 1. The second kappa shape index (κ2) is 4.19. The van der Waals surface area contributed by atoms with Gasteiger partial charge < -0.3 is 9.64 Å². The van der Waals surface area contributed by atoms with Crippen molar-refractivity contribution in [3.63, 3.8) is 0 Å². The van der Waals surface area contributed by atoms with Crippen molar-refractivity contribution in [2.75, 3.05) is 21.2 Å². The predicted molar refractivity (Wildman–Crippen MR) is 73.9 cm³/mol. The zero-order valence-electron chi connectivity index (χ0n) is 12.2. The number of hydrogen-bond donors (Lipinski definition) is 0. The number of fused-ring (bicyclic) bond motifs is 1. The molecule has 1 amide bonds. The molecule has 0 aromatic carbocycles. The summed E-state index contributed by atoms with van der Waals surface area (Å²) >= 11 is 0. The highest BCUT2D eigenvalue weighted by Crippen LogP contribution is 2.48. The molecule has 0 bridgehead atoms. The van der Waals surface area contributed by atoms with Gasteiger partial charge in [0.2, 0.25) is 5.91 Å². The van der Waals surface area contributed by atoms with Crippen molar-refractivity contribution in [1.29, 1.82) is 0 Å². The Morgan fingerprint density at radius 1 is 1.40 bits per heavy atom. The maximum atomic E-state index is 12.3. The van der Waals surface area contributed by atoms with Crippen molar-refractivity contribution in [2.24, 2.45) is 0 Å². The van der Waals surface area contributed by atoms with Crippen LogP contribution in [-0.4, -0.2) is 46.6 Å². The van der Waals surface area contributed by atoms with E-state index >= 15 is 0 Å². The summed E-state index contributed by atoms with van der Waals surface area (Å²) < 4.78 is 7.07. The van der Waals surface area contributed by atoms with Crippen LogP contribution in [0, 0.1) is 6.92 Å². The van der Waals surface area contributed by atoms with Crippen LogP contribution in [0.25, 0.3) is 5.65 Å². The van der Waals surface area contributed by atoms with Gasteiger partial charge in [0, 0.05) is 19.8 Å². The Labute approximate surface area is 117 Å². The maximum absolute atomic E-state index is 12.3. The molecule has 0 atom stereocenters. The highest BCUT2D eigenvalue weighted by atomic mass is 16.5. The van der Waals surface area contributed by atoms with Gasteiger partial charge in [-0.3, -0.25) is 4.79 Å². The van der Waals surface area contributed by atoms with E-state index in [4.69, 9.17) is 4.74 Å². The Morgan fingerprint density at radius 2 is 2.10 bits per heavy atom. The second-order valence-corrected chi connectivity index (χ2v) is 5.50. The van der Waals surface area contributed by atoms with Gasteiger partial charge in [-0.05, 0) is 31.9 Å². The number of nitrogens with zero attached hydrogens (tertiary/aromatic N) is 4. The first-order chi connectivity index (χ1) is 9.49. The van der Waals surface area contributed by atoms with Gasteiger partial charge in [0.15, 0.2) is 17.2 Å². The molecule has 0 radical (unpaired) electrons. The van der Waals surface area contributed by atoms with Crippen molar-refractivity contribution in [1.82, 2.24) is 19.5 Å². The highest BCUT2D eigenvalue weighted by molar-refractivity contribution is 5.90. The van der Waals surface area contributed by atoms with Crippen molar-refractivity contribution in [2.45, 2.75) is 25.2 Å². The van der Waals surface area contributed by atoms with Gasteiger partial charge >= 0.3 is 0 Å². The zero-order valence-corrected chi connectivity index (χ0v) is 12.2. The number of likely N-dealkylation sites (N-methyl/N-ethyl adjacent to an activating group) is 1. The number of hydrogen-bond acceptors (Lipinski definition) is 4. The van der Waals surface area contributed by atoms with E-state index < -0.39 is 5.41 Å². The molecule has 0 N–H and O–H groups in total.